The Morgan fingerprint density at radius 3 is 2.25 bits per heavy atom. The monoisotopic (exact) mass is 156 g/mol. The van der Waals surface area contributed by atoms with E-state index in [1.807, 2.05) is 0 Å². The van der Waals surface area contributed by atoms with E-state index in [4.69, 9.17) is 5.73 Å². The predicted molar refractivity (Wildman–Crippen MR) is 35.3 cm³/mol. The van der Waals surface area contributed by atoms with E-state index < -0.39 is 0 Å². The van der Waals surface area contributed by atoms with E-state index in [0.29, 0.717) is 5.95 Å². The number of nitrogen functional groups attached to an aromatic ring is 1. The van der Waals surface area contributed by atoms with Gasteiger partial charge in [0.1, 0.15) is 6.33 Å². The second-order valence-corrected chi connectivity index (χ2v) is 0.871. The van der Waals surface area contributed by atoms with Crippen molar-refractivity contribution < 1.29 is 0 Å². The molecule has 0 aliphatic carbocycles. The lowest BCUT2D eigenvalue weighted by molar-refractivity contribution is 1.10. The smallest absolute Gasteiger partial charge is 0.215 e. The first-order valence-electron chi connectivity index (χ1n) is 1.50. The van der Waals surface area contributed by atoms with Crippen molar-refractivity contribution >= 4 is 30.8 Å². The first-order valence-corrected chi connectivity index (χ1v) is 1.50. The summed E-state index contributed by atoms with van der Waals surface area (Å²) < 4.78 is 0. The highest BCUT2D eigenvalue weighted by Crippen LogP contribution is 1.76. The molecule has 0 spiro atoms. The zero-order chi connectivity index (χ0) is 4.41. The van der Waals surface area contributed by atoms with E-state index in [1.54, 1.807) is 0 Å². The van der Waals surface area contributed by atoms with Gasteiger partial charge in [0.15, 0.2) is 0 Å². The van der Waals surface area contributed by atoms with Crippen LogP contribution in [0.3, 0.4) is 0 Å². The molecule has 0 saturated heterocycles. The number of H-pyrrole nitrogens is 1. The summed E-state index contributed by atoms with van der Waals surface area (Å²) >= 11 is 0. The van der Waals surface area contributed by atoms with Crippen LogP contribution in [0.25, 0.3) is 0 Å². The summed E-state index contributed by atoms with van der Waals surface area (Å²) in [5.41, 5.74) is 5.05. The van der Waals surface area contributed by atoms with Crippen molar-refractivity contribution in [3.05, 3.63) is 6.33 Å². The second kappa shape index (κ2) is 4.67. The van der Waals surface area contributed by atoms with Gasteiger partial charge >= 0.3 is 0 Å². The summed E-state index contributed by atoms with van der Waals surface area (Å²) in [6.45, 7) is 0. The van der Waals surface area contributed by atoms with Gasteiger partial charge in [-0.1, -0.05) is 0 Å². The normalized spacial score (nSPS) is 6.50. The number of nitrogens with zero attached hydrogens (tertiary/aromatic N) is 2. The van der Waals surface area contributed by atoms with E-state index in [-0.39, 0.29) is 24.8 Å². The van der Waals surface area contributed by atoms with Gasteiger partial charge in [0.25, 0.3) is 0 Å². The van der Waals surface area contributed by atoms with Crippen LogP contribution in [0, 0.1) is 0 Å². The minimum atomic E-state index is 0. The summed E-state index contributed by atoms with van der Waals surface area (Å²) in [5.74, 6) is 0.356. The molecule has 0 fully saturated rings. The lowest BCUT2D eigenvalue weighted by atomic mass is 11.1. The number of hydrogen-bond donors (Lipinski definition) is 2. The molecule has 0 aliphatic rings. The molecule has 1 heterocycles. The minimum absolute atomic E-state index is 0. The average Bonchev–Trinajstić information content (AvgIpc) is 1.86. The Labute approximate surface area is 58.7 Å². The summed E-state index contributed by atoms with van der Waals surface area (Å²) in [4.78, 5) is 3.53. The van der Waals surface area contributed by atoms with Crippen LogP contribution in [0.1, 0.15) is 0 Å². The van der Waals surface area contributed by atoms with Gasteiger partial charge < -0.3 is 5.73 Å². The van der Waals surface area contributed by atoms with Crippen molar-refractivity contribution in [2.24, 2.45) is 0 Å². The van der Waals surface area contributed by atoms with Gasteiger partial charge in [0, 0.05) is 0 Å². The molecule has 0 amide bonds. The molecular formula is C2H6Cl2N4. The zero-order valence-electron chi connectivity index (χ0n) is 3.87. The number of anilines is 1. The first kappa shape index (κ1) is 10.5. The quantitative estimate of drug-likeness (QED) is 0.566. The molecule has 0 bridgehead atoms. The lowest BCUT2D eigenvalue weighted by Gasteiger charge is -1.68. The standard InChI is InChI=1S/C2H4N4.2ClH/c3-2-4-1-5-6-2;;/h1H,(H3,3,4,5,6);2*1H. The molecule has 0 atom stereocenters. The van der Waals surface area contributed by atoms with Crippen LogP contribution in [0.2, 0.25) is 0 Å². The number of hydrogen-bond acceptors (Lipinski definition) is 3. The highest BCUT2D eigenvalue weighted by atomic mass is 35.5. The fourth-order valence-corrected chi connectivity index (χ4v) is 0.215. The first-order chi connectivity index (χ1) is 2.89. The Hall–Kier alpha value is -0.480. The van der Waals surface area contributed by atoms with Crippen LogP contribution in [0.4, 0.5) is 5.95 Å². The Morgan fingerprint density at radius 2 is 2.12 bits per heavy atom. The van der Waals surface area contributed by atoms with Crippen molar-refractivity contribution in [3.8, 4) is 0 Å². The number of halogens is 2. The Morgan fingerprint density at radius 1 is 1.50 bits per heavy atom. The average molecular weight is 157 g/mol. The maximum atomic E-state index is 5.05. The summed E-state index contributed by atoms with van der Waals surface area (Å²) in [7, 11) is 0. The van der Waals surface area contributed by atoms with Crippen LogP contribution in [0.15, 0.2) is 6.33 Å². The molecule has 0 aliphatic heterocycles. The van der Waals surface area contributed by atoms with Gasteiger partial charge in [-0.3, -0.25) is 0 Å². The van der Waals surface area contributed by atoms with Gasteiger partial charge in [-0.15, -0.1) is 24.8 Å². The zero-order valence-corrected chi connectivity index (χ0v) is 5.50. The molecule has 0 unspecified atom stereocenters. The highest BCUT2D eigenvalue weighted by molar-refractivity contribution is 5.85. The van der Waals surface area contributed by atoms with Crippen molar-refractivity contribution in [2.45, 2.75) is 0 Å². The molecule has 6 heteroatoms. The van der Waals surface area contributed by atoms with Gasteiger partial charge in [-0.25, -0.2) is 10.1 Å². The third-order valence-corrected chi connectivity index (χ3v) is 0.434. The third kappa shape index (κ3) is 2.65. The molecule has 1 aromatic heterocycles. The molecule has 1 rings (SSSR count). The highest BCUT2D eigenvalue weighted by Gasteiger charge is 1.75. The van der Waals surface area contributed by atoms with E-state index in [9.17, 15) is 0 Å². The molecule has 1 aromatic rings. The topological polar surface area (TPSA) is 67.6 Å². The Bertz CT molecular complexity index is 116. The molecule has 0 radical (unpaired) electrons. The van der Waals surface area contributed by atoms with Crippen molar-refractivity contribution in [3.63, 3.8) is 0 Å². The maximum Gasteiger partial charge on any atom is 0.215 e. The third-order valence-electron chi connectivity index (χ3n) is 0.434. The van der Waals surface area contributed by atoms with Crippen molar-refractivity contribution in [2.75, 3.05) is 5.73 Å². The van der Waals surface area contributed by atoms with Crippen LogP contribution in [-0.4, -0.2) is 15.2 Å². The van der Waals surface area contributed by atoms with Crippen LogP contribution in [0.5, 0.6) is 0 Å². The van der Waals surface area contributed by atoms with Gasteiger partial charge in [0.05, 0.1) is 0 Å². The molecule has 4 nitrogen and oxygen atoms in total. The van der Waals surface area contributed by atoms with Crippen LogP contribution >= 0.6 is 24.8 Å². The summed E-state index contributed by atoms with van der Waals surface area (Å²) in [6.07, 6.45) is 1.36. The van der Waals surface area contributed by atoms with Crippen LogP contribution < -0.4 is 5.73 Å². The van der Waals surface area contributed by atoms with Gasteiger partial charge in [0.2, 0.25) is 5.95 Å². The molecule has 0 saturated carbocycles. The summed E-state index contributed by atoms with van der Waals surface area (Å²) in [6, 6.07) is 0. The Kier molecular flexibility index (Phi) is 6.13. The fraction of sp³-hybridized carbons (Fsp3) is 0. The minimum Gasteiger partial charge on any atom is -0.368 e. The predicted octanol–water partition coefficient (Wildman–Crippen LogP) is 0.230. The van der Waals surface area contributed by atoms with E-state index in [0.717, 1.165) is 0 Å². The van der Waals surface area contributed by atoms with Crippen LogP contribution in [-0.2, 0) is 0 Å². The lowest BCUT2D eigenvalue weighted by Crippen LogP contribution is -1.84. The van der Waals surface area contributed by atoms with Crippen molar-refractivity contribution in [1.29, 1.82) is 0 Å². The number of aromatic amines is 1. The molecule has 48 valence electrons. The van der Waals surface area contributed by atoms with E-state index in [2.05, 4.69) is 15.2 Å². The fourth-order valence-electron chi connectivity index (χ4n) is 0.215. The molecule has 3 N–H and O–H groups in total. The van der Waals surface area contributed by atoms with Gasteiger partial charge in [-0.05, 0) is 0 Å². The Balaban J connectivity index is 0. The SMILES string of the molecule is Cl.Cl.Nc1ncn[nH]1. The number of nitrogens with one attached hydrogen (secondary N) is 1. The molecule has 8 heavy (non-hydrogen) atoms. The maximum absolute atomic E-state index is 5.05. The molecular weight excluding hydrogens is 151 g/mol. The van der Waals surface area contributed by atoms with Gasteiger partial charge in [-0.2, -0.15) is 5.10 Å². The number of rotatable bonds is 0. The summed E-state index contributed by atoms with van der Waals surface area (Å²) in [5, 5.41) is 5.88. The number of nitrogens with two attached hydrogens (primary N) is 1. The van der Waals surface area contributed by atoms with Crippen molar-refractivity contribution in [1.82, 2.24) is 15.2 Å². The van der Waals surface area contributed by atoms with E-state index in [1.165, 1.54) is 6.33 Å². The second-order valence-electron chi connectivity index (χ2n) is 0.871. The largest absolute Gasteiger partial charge is 0.368 e. The van der Waals surface area contributed by atoms with E-state index >= 15 is 0 Å². The number of aromatic nitrogens is 3. The molecule has 0 aromatic carbocycles.